The van der Waals surface area contributed by atoms with Crippen LogP contribution in [0.5, 0.6) is 0 Å². The molecule has 3 heteroatoms. The van der Waals surface area contributed by atoms with Crippen molar-refractivity contribution in [2.45, 2.75) is 71.4 Å². The molecule has 1 fully saturated rings. The van der Waals surface area contributed by atoms with Gasteiger partial charge in [0.15, 0.2) is 0 Å². The first-order valence-corrected chi connectivity index (χ1v) is 7.07. The van der Waals surface area contributed by atoms with Gasteiger partial charge >= 0.3 is 0 Å². The molecule has 0 saturated heterocycles. The molecule has 1 aliphatic carbocycles. The van der Waals surface area contributed by atoms with E-state index in [4.69, 9.17) is 5.73 Å². The molecule has 0 radical (unpaired) electrons. The van der Waals surface area contributed by atoms with Crippen LogP contribution in [0.2, 0.25) is 0 Å². The summed E-state index contributed by atoms with van der Waals surface area (Å²) in [6, 6.07) is 0.394. The van der Waals surface area contributed by atoms with E-state index in [0.717, 1.165) is 25.2 Å². The Hall–Kier alpha value is -0.570. The lowest BCUT2D eigenvalue weighted by atomic mass is 9.80. The van der Waals surface area contributed by atoms with Crippen LogP contribution in [0.15, 0.2) is 0 Å². The Kier molecular flexibility index (Phi) is 5.96. The van der Waals surface area contributed by atoms with Crippen LogP contribution < -0.4 is 11.1 Å². The fraction of sp³-hybridized carbons (Fsp3) is 0.929. The molecule has 0 heterocycles. The van der Waals surface area contributed by atoms with E-state index in [1.54, 1.807) is 0 Å². The Balaban J connectivity index is 2.30. The molecule has 0 aromatic carbocycles. The fourth-order valence-electron chi connectivity index (χ4n) is 2.86. The summed E-state index contributed by atoms with van der Waals surface area (Å²) in [5.74, 6) is 1.54. The van der Waals surface area contributed by atoms with Crippen LogP contribution in [0.4, 0.5) is 0 Å². The van der Waals surface area contributed by atoms with Gasteiger partial charge in [-0.2, -0.15) is 0 Å². The highest BCUT2D eigenvalue weighted by atomic mass is 16.1. The van der Waals surface area contributed by atoms with Gasteiger partial charge in [-0.05, 0) is 37.5 Å². The summed E-state index contributed by atoms with van der Waals surface area (Å²) < 4.78 is 0. The molecule has 0 aromatic heterocycles. The standard InChI is InChI=1S/C14H28N2O/c1-4-5-12(15)9-14(17)16-13-7-6-10(2)8-11(13)3/h10-13H,4-9,15H2,1-3H3,(H,16,17). The van der Waals surface area contributed by atoms with Gasteiger partial charge in [-0.3, -0.25) is 4.79 Å². The van der Waals surface area contributed by atoms with Gasteiger partial charge in [-0.25, -0.2) is 0 Å². The second-order valence-electron chi connectivity index (χ2n) is 5.82. The summed E-state index contributed by atoms with van der Waals surface area (Å²) in [6.45, 7) is 6.64. The van der Waals surface area contributed by atoms with Gasteiger partial charge in [0.25, 0.3) is 0 Å². The maximum absolute atomic E-state index is 11.8. The lowest BCUT2D eigenvalue weighted by Crippen LogP contribution is -2.44. The minimum Gasteiger partial charge on any atom is -0.353 e. The lowest BCUT2D eigenvalue weighted by molar-refractivity contribution is -0.122. The zero-order valence-electron chi connectivity index (χ0n) is 11.5. The van der Waals surface area contributed by atoms with Crippen molar-refractivity contribution >= 4 is 5.91 Å². The molecule has 1 amide bonds. The summed E-state index contributed by atoms with van der Waals surface area (Å²) in [6.07, 6.45) is 6.04. The number of hydrogen-bond acceptors (Lipinski definition) is 2. The third kappa shape index (κ3) is 5.07. The molecule has 1 saturated carbocycles. The van der Waals surface area contributed by atoms with Gasteiger partial charge in [0, 0.05) is 18.5 Å². The van der Waals surface area contributed by atoms with E-state index >= 15 is 0 Å². The SMILES string of the molecule is CCCC(N)CC(=O)NC1CCC(C)CC1C. The van der Waals surface area contributed by atoms with Crippen LogP contribution in [-0.4, -0.2) is 18.0 Å². The second kappa shape index (κ2) is 7.00. The number of rotatable bonds is 5. The number of nitrogens with one attached hydrogen (secondary N) is 1. The summed E-state index contributed by atoms with van der Waals surface area (Å²) in [5, 5.41) is 3.16. The number of amides is 1. The molecule has 4 unspecified atom stereocenters. The first-order chi connectivity index (χ1) is 8.02. The van der Waals surface area contributed by atoms with Crippen molar-refractivity contribution in [3.63, 3.8) is 0 Å². The van der Waals surface area contributed by atoms with Crippen LogP contribution in [0.3, 0.4) is 0 Å². The molecule has 3 nitrogen and oxygen atoms in total. The zero-order chi connectivity index (χ0) is 12.8. The first-order valence-electron chi connectivity index (χ1n) is 7.07. The van der Waals surface area contributed by atoms with Crippen LogP contribution in [0.25, 0.3) is 0 Å². The van der Waals surface area contributed by atoms with Crippen molar-refractivity contribution in [3.05, 3.63) is 0 Å². The average molecular weight is 240 g/mol. The van der Waals surface area contributed by atoms with Crippen LogP contribution in [-0.2, 0) is 4.79 Å². The first kappa shape index (κ1) is 14.5. The molecule has 17 heavy (non-hydrogen) atoms. The normalized spacial score (nSPS) is 30.9. The number of carbonyl (C=O) groups excluding carboxylic acids is 1. The average Bonchev–Trinajstić information content (AvgIpc) is 2.22. The Labute approximate surface area is 106 Å². The van der Waals surface area contributed by atoms with Crippen molar-refractivity contribution < 1.29 is 4.79 Å². The van der Waals surface area contributed by atoms with Gasteiger partial charge < -0.3 is 11.1 Å². The predicted molar refractivity (Wildman–Crippen MR) is 71.6 cm³/mol. The highest BCUT2D eigenvalue weighted by Crippen LogP contribution is 2.28. The summed E-state index contributed by atoms with van der Waals surface area (Å²) in [5.41, 5.74) is 5.89. The minimum absolute atomic E-state index is 0.0258. The Morgan fingerprint density at radius 3 is 2.71 bits per heavy atom. The van der Waals surface area contributed by atoms with Crippen molar-refractivity contribution in [2.24, 2.45) is 17.6 Å². The molecule has 0 aromatic rings. The van der Waals surface area contributed by atoms with Gasteiger partial charge in [-0.1, -0.05) is 27.2 Å². The van der Waals surface area contributed by atoms with E-state index in [2.05, 4.69) is 26.1 Å². The summed E-state index contributed by atoms with van der Waals surface area (Å²) >= 11 is 0. The van der Waals surface area contributed by atoms with Crippen molar-refractivity contribution in [1.29, 1.82) is 0 Å². The van der Waals surface area contributed by atoms with Crippen LogP contribution in [0.1, 0.15) is 59.3 Å². The van der Waals surface area contributed by atoms with Crippen LogP contribution in [0, 0.1) is 11.8 Å². The molecule has 0 bridgehead atoms. The molecule has 0 aliphatic heterocycles. The number of carbonyl (C=O) groups is 1. The smallest absolute Gasteiger partial charge is 0.221 e. The quantitative estimate of drug-likeness (QED) is 0.775. The van der Waals surface area contributed by atoms with E-state index in [0.29, 0.717) is 18.4 Å². The Morgan fingerprint density at radius 2 is 2.12 bits per heavy atom. The highest BCUT2D eigenvalue weighted by molar-refractivity contribution is 5.76. The van der Waals surface area contributed by atoms with Gasteiger partial charge in [-0.15, -0.1) is 0 Å². The number of nitrogens with two attached hydrogens (primary N) is 1. The van der Waals surface area contributed by atoms with Crippen LogP contribution >= 0.6 is 0 Å². The van der Waals surface area contributed by atoms with Crippen molar-refractivity contribution in [1.82, 2.24) is 5.32 Å². The topological polar surface area (TPSA) is 55.1 Å². The Bertz CT molecular complexity index is 242. The fourth-order valence-corrected chi connectivity index (χ4v) is 2.86. The highest BCUT2D eigenvalue weighted by Gasteiger charge is 2.26. The van der Waals surface area contributed by atoms with E-state index in [-0.39, 0.29) is 11.9 Å². The molecule has 0 spiro atoms. The molecule has 3 N–H and O–H groups in total. The minimum atomic E-state index is 0.0258. The van der Waals surface area contributed by atoms with Crippen molar-refractivity contribution in [3.8, 4) is 0 Å². The third-order valence-corrected chi connectivity index (χ3v) is 3.88. The monoisotopic (exact) mass is 240 g/mol. The lowest BCUT2D eigenvalue weighted by Gasteiger charge is -2.33. The molecule has 1 rings (SSSR count). The zero-order valence-corrected chi connectivity index (χ0v) is 11.5. The third-order valence-electron chi connectivity index (χ3n) is 3.88. The van der Waals surface area contributed by atoms with E-state index in [1.165, 1.54) is 12.8 Å². The molecular formula is C14H28N2O. The van der Waals surface area contributed by atoms with E-state index in [9.17, 15) is 4.79 Å². The molecular weight excluding hydrogens is 212 g/mol. The molecule has 1 aliphatic rings. The number of hydrogen-bond donors (Lipinski definition) is 2. The largest absolute Gasteiger partial charge is 0.353 e. The maximum atomic E-state index is 11.8. The summed E-state index contributed by atoms with van der Waals surface area (Å²) in [4.78, 5) is 11.8. The predicted octanol–water partition coefficient (Wildman–Crippen LogP) is 2.44. The van der Waals surface area contributed by atoms with E-state index in [1.807, 2.05) is 0 Å². The van der Waals surface area contributed by atoms with Gasteiger partial charge in [0.1, 0.15) is 0 Å². The summed E-state index contributed by atoms with van der Waals surface area (Å²) in [7, 11) is 0. The maximum Gasteiger partial charge on any atom is 0.221 e. The molecule has 100 valence electrons. The van der Waals surface area contributed by atoms with Crippen molar-refractivity contribution in [2.75, 3.05) is 0 Å². The second-order valence-corrected chi connectivity index (χ2v) is 5.82. The van der Waals surface area contributed by atoms with Gasteiger partial charge in [0.2, 0.25) is 5.91 Å². The Morgan fingerprint density at radius 1 is 1.41 bits per heavy atom. The van der Waals surface area contributed by atoms with E-state index < -0.39 is 0 Å². The van der Waals surface area contributed by atoms with Gasteiger partial charge in [0.05, 0.1) is 0 Å². The molecule has 4 atom stereocenters.